The maximum Gasteiger partial charge on any atom is 0.0522 e. The zero-order valence-corrected chi connectivity index (χ0v) is 7.11. The molecule has 2 rings (SSSR count). The van der Waals surface area contributed by atoms with Crippen molar-refractivity contribution in [2.75, 3.05) is 6.61 Å². The van der Waals surface area contributed by atoms with E-state index in [2.05, 4.69) is 11.3 Å². The van der Waals surface area contributed by atoms with Gasteiger partial charge in [0.2, 0.25) is 0 Å². The van der Waals surface area contributed by atoms with E-state index in [-0.39, 0.29) is 6.61 Å². The van der Waals surface area contributed by atoms with E-state index in [1.165, 1.54) is 19.3 Å². The smallest absolute Gasteiger partial charge is 0.0522 e. The largest absolute Gasteiger partial charge is 0.396 e. The first-order valence-corrected chi connectivity index (χ1v) is 4.54. The van der Waals surface area contributed by atoms with Crippen molar-refractivity contribution in [3.63, 3.8) is 0 Å². The van der Waals surface area contributed by atoms with Gasteiger partial charge in [-0.1, -0.05) is 0 Å². The SMILES string of the molecule is OCCc1cnn(C2CCC2)c1. The summed E-state index contributed by atoms with van der Waals surface area (Å²) in [5, 5.41) is 13.0. The number of hydrogen-bond acceptors (Lipinski definition) is 2. The Bertz CT molecular complexity index is 253. The van der Waals surface area contributed by atoms with Crippen LogP contribution in [0.2, 0.25) is 0 Å². The molecule has 1 aliphatic carbocycles. The highest BCUT2D eigenvalue weighted by atomic mass is 16.2. The van der Waals surface area contributed by atoms with E-state index in [0.717, 1.165) is 12.0 Å². The number of rotatable bonds is 3. The molecular weight excluding hydrogens is 152 g/mol. The van der Waals surface area contributed by atoms with Gasteiger partial charge in [-0.05, 0) is 31.2 Å². The van der Waals surface area contributed by atoms with Crippen LogP contribution in [0.4, 0.5) is 0 Å². The Hall–Kier alpha value is -0.830. The average molecular weight is 166 g/mol. The molecule has 0 saturated heterocycles. The highest BCUT2D eigenvalue weighted by molar-refractivity contribution is 5.05. The van der Waals surface area contributed by atoms with Gasteiger partial charge < -0.3 is 5.11 Å². The second-order valence-corrected chi connectivity index (χ2v) is 3.39. The maximum atomic E-state index is 8.70. The summed E-state index contributed by atoms with van der Waals surface area (Å²) in [4.78, 5) is 0. The Morgan fingerprint density at radius 3 is 3.00 bits per heavy atom. The standard InChI is InChI=1S/C9H14N2O/c12-5-4-8-6-10-11(7-8)9-2-1-3-9/h6-7,9,12H,1-5H2. The molecule has 1 saturated carbocycles. The highest BCUT2D eigenvalue weighted by Crippen LogP contribution is 2.30. The first-order chi connectivity index (χ1) is 5.90. The lowest BCUT2D eigenvalue weighted by molar-refractivity contribution is 0.287. The van der Waals surface area contributed by atoms with Crippen LogP contribution in [0.15, 0.2) is 12.4 Å². The summed E-state index contributed by atoms with van der Waals surface area (Å²) in [6.45, 7) is 0.219. The van der Waals surface area contributed by atoms with E-state index in [1.807, 2.05) is 10.9 Å². The van der Waals surface area contributed by atoms with Crippen LogP contribution < -0.4 is 0 Å². The topological polar surface area (TPSA) is 38.1 Å². The molecule has 0 aliphatic heterocycles. The molecule has 3 nitrogen and oxygen atoms in total. The average Bonchev–Trinajstić information content (AvgIpc) is 2.34. The number of aromatic nitrogens is 2. The second-order valence-electron chi connectivity index (χ2n) is 3.39. The van der Waals surface area contributed by atoms with Gasteiger partial charge in [0, 0.05) is 12.8 Å². The number of aliphatic hydroxyl groups excluding tert-OH is 1. The molecule has 0 spiro atoms. The summed E-state index contributed by atoms with van der Waals surface area (Å²) in [7, 11) is 0. The summed E-state index contributed by atoms with van der Waals surface area (Å²) >= 11 is 0. The first kappa shape index (κ1) is 7.80. The lowest BCUT2D eigenvalue weighted by Gasteiger charge is -2.25. The second kappa shape index (κ2) is 3.27. The Morgan fingerprint density at radius 1 is 1.58 bits per heavy atom. The van der Waals surface area contributed by atoms with Gasteiger partial charge in [-0.2, -0.15) is 5.10 Å². The zero-order chi connectivity index (χ0) is 8.39. The highest BCUT2D eigenvalue weighted by Gasteiger charge is 2.19. The van der Waals surface area contributed by atoms with Gasteiger partial charge in [0.25, 0.3) is 0 Å². The summed E-state index contributed by atoms with van der Waals surface area (Å²) in [5.41, 5.74) is 1.14. The van der Waals surface area contributed by atoms with Crippen molar-refractivity contribution < 1.29 is 5.11 Å². The fourth-order valence-corrected chi connectivity index (χ4v) is 1.49. The van der Waals surface area contributed by atoms with Crippen molar-refractivity contribution in [2.24, 2.45) is 0 Å². The van der Waals surface area contributed by atoms with Crippen LogP contribution in [0.5, 0.6) is 0 Å². The normalized spacial score (nSPS) is 17.8. The number of hydrogen-bond donors (Lipinski definition) is 1. The van der Waals surface area contributed by atoms with Crippen molar-refractivity contribution >= 4 is 0 Å². The predicted octanol–water partition coefficient (Wildman–Crippen LogP) is 1.14. The van der Waals surface area contributed by atoms with Crippen molar-refractivity contribution in [3.05, 3.63) is 18.0 Å². The van der Waals surface area contributed by atoms with Gasteiger partial charge in [-0.3, -0.25) is 4.68 Å². The minimum Gasteiger partial charge on any atom is -0.396 e. The van der Waals surface area contributed by atoms with Crippen LogP contribution in [0.1, 0.15) is 30.9 Å². The third-order valence-corrected chi connectivity index (χ3v) is 2.50. The Kier molecular flexibility index (Phi) is 2.13. The first-order valence-electron chi connectivity index (χ1n) is 4.54. The minimum atomic E-state index is 0.219. The molecule has 3 heteroatoms. The molecule has 0 atom stereocenters. The van der Waals surface area contributed by atoms with Gasteiger partial charge in [-0.15, -0.1) is 0 Å². The molecular formula is C9H14N2O. The Labute approximate surface area is 72.0 Å². The van der Waals surface area contributed by atoms with E-state index in [1.54, 1.807) is 0 Å². The summed E-state index contributed by atoms with van der Waals surface area (Å²) in [5.74, 6) is 0. The molecule has 0 radical (unpaired) electrons. The fourth-order valence-electron chi connectivity index (χ4n) is 1.49. The molecule has 1 aliphatic rings. The van der Waals surface area contributed by atoms with Crippen molar-refractivity contribution in [3.8, 4) is 0 Å². The third kappa shape index (κ3) is 1.37. The lowest BCUT2D eigenvalue weighted by Crippen LogP contribution is -2.17. The maximum absolute atomic E-state index is 8.70. The molecule has 0 bridgehead atoms. The van der Waals surface area contributed by atoms with Crippen LogP contribution >= 0.6 is 0 Å². The van der Waals surface area contributed by atoms with Gasteiger partial charge >= 0.3 is 0 Å². The van der Waals surface area contributed by atoms with E-state index >= 15 is 0 Å². The zero-order valence-electron chi connectivity index (χ0n) is 7.11. The molecule has 1 N–H and O–H groups in total. The van der Waals surface area contributed by atoms with Crippen molar-refractivity contribution in [1.29, 1.82) is 0 Å². The molecule has 1 fully saturated rings. The van der Waals surface area contributed by atoms with Crippen molar-refractivity contribution in [1.82, 2.24) is 9.78 Å². The Morgan fingerprint density at radius 2 is 2.42 bits per heavy atom. The van der Waals surface area contributed by atoms with E-state index in [4.69, 9.17) is 5.11 Å². The van der Waals surface area contributed by atoms with Gasteiger partial charge in [0.15, 0.2) is 0 Å². The molecule has 0 aromatic carbocycles. The molecule has 1 aromatic rings. The van der Waals surface area contributed by atoms with Gasteiger partial charge in [-0.25, -0.2) is 0 Å². The van der Waals surface area contributed by atoms with E-state index < -0.39 is 0 Å². The summed E-state index contributed by atoms with van der Waals surface area (Å²) in [6, 6.07) is 0.637. The lowest BCUT2D eigenvalue weighted by atomic mass is 9.93. The monoisotopic (exact) mass is 166 g/mol. The molecule has 66 valence electrons. The minimum absolute atomic E-state index is 0.219. The van der Waals surface area contributed by atoms with Crippen LogP contribution in [0.25, 0.3) is 0 Å². The summed E-state index contributed by atoms with van der Waals surface area (Å²) < 4.78 is 2.04. The molecule has 1 aromatic heterocycles. The van der Waals surface area contributed by atoms with Gasteiger partial charge in [0.1, 0.15) is 0 Å². The van der Waals surface area contributed by atoms with Crippen molar-refractivity contribution in [2.45, 2.75) is 31.7 Å². The van der Waals surface area contributed by atoms with Gasteiger partial charge in [0.05, 0.1) is 12.2 Å². The quantitative estimate of drug-likeness (QED) is 0.731. The molecule has 1 heterocycles. The third-order valence-electron chi connectivity index (χ3n) is 2.50. The Balaban J connectivity index is 2.02. The van der Waals surface area contributed by atoms with Crippen LogP contribution in [0, 0.1) is 0 Å². The number of aliphatic hydroxyl groups is 1. The van der Waals surface area contributed by atoms with Crippen LogP contribution in [0.3, 0.4) is 0 Å². The van der Waals surface area contributed by atoms with E-state index in [0.29, 0.717) is 6.04 Å². The van der Waals surface area contributed by atoms with Crippen LogP contribution in [-0.4, -0.2) is 21.5 Å². The summed E-state index contributed by atoms with van der Waals surface area (Å²) in [6.07, 6.45) is 8.50. The van der Waals surface area contributed by atoms with Crippen LogP contribution in [-0.2, 0) is 6.42 Å². The molecule has 12 heavy (non-hydrogen) atoms. The molecule has 0 amide bonds. The fraction of sp³-hybridized carbons (Fsp3) is 0.667. The van der Waals surface area contributed by atoms with E-state index in [9.17, 15) is 0 Å². The number of nitrogens with zero attached hydrogens (tertiary/aromatic N) is 2. The molecule has 0 unspecified atom stereocenters. The predicted molar refractivity (Wildman–Crippen MR) is 45.9 cm³/mol.